The maximum atomic E-state index is 11.0. The van der Waals surface area contributed by atoms with E-state index in [1.54, 1.807) is 26.3 Å². The lowest BCUT2D eigenvalue weighted by molar-refractivity contribution is 0.0972. The summed E-state index contributed by atoms with van der Waals surface area (Å²) in [6.45, 7) is 4.52. The van der Waals surface area contributed by atoms with Gasteiger partial charge in [-0.2, -0.15) is 0 Å². The number of likely N-dealkylation sites (tertiary alicyclic amines) is 1. The second kappa shape index (κ2) is 12.1. The number of methoxy groups -OCH3 is 1. The highest BCUT2D eigenvalue weighted by Gasteiger charge is 2.19. The van der Waals surface area contributed by atoms with Gasteiger partial charge in [0.05, 0.1) is 6.54 Å². The van der Waals surface area contributed by atoms with Gasteiger partial charge in [0.15, 0.2) is 11.7 Å². The summed E-state index contributed by atoms with van der Waals surface area (Å²) >= 11 is 0. The van der Waals surface area contributed by atoms with Gasteiger partial charge in [0.25, 0.3) is 5.91 Å². The Morgan fingerprint density at radius 3 is 2.73 bits per heavy atom. The van der Waals surface area contributed by atoms with Gasteiger partial charge < -0.3 is 30.4 Å². The minimum Gasteiger partial charge on any atom is -0.454 e. The molecule has 1 aliphatic rings. The van der Waals surface area contributed by atoms with E-state index in [0.717, 1.165) is 51.5 Å². The topological polar surface area (TPSA) is 105 Å². The van der Waals surface area contributed by atoms with Crippen molar-refractivity contribution in [2.75, 3.05) is 40.4 Å². The molecule has 1 saturated heterocycles. The maximum absolute atomic E-state index is 11.0. The molecular weight excluding hydrogens is 449 g/mol. The molecule has 0 saturated carbocycles. The van der Waals surface area contributed by atoms with Crippen molar-refractivity contribution in [1.29, 1.82) is 0 Å². The van der Waals surface area contributed by atoms with E-state index < -0.39 is 5.91 Å². The summed E-state index contributed by atoms with van der Waals surface area (Å²) in [5.41, 5.74) is 5.18. The van der Waals surface area contributed by atoms with Crippen LogP contribution in [0.3, 0.4) is 0 Å². The normalized spacial score (nSPS) is 16.2. The fraction of sp³-hybridized carbons (Fsp3) is 0.647. The van der Waals surface area contributed by atoms with Gasteiger partial charge in [-0.25, -0.2) is 0 Å². The molecule has 1 amide bonds. The summed E-state index contributed by atoms with van der Waals surface area (Å²) < 4.78 is 10.5. The van der Waals surface area contributed by atoms with Crippen LogP contribution in [0.15, 0.2) is 21.5 Å². The Morgan fingerprint density at radius 2 is 2.15 bits per heavy atom. The third kappa shape index (κ3) is 7.50. The average molecular weight is 479 g/mol. The number of halogens is 1. The molecule has 0 bridgehead atoms. The van der Waals surface area contributed by atoms with Crippen LogP contribution in [-0.2, 0) is 11.3 Å². The van der Waals surface area contributed by atoms with Crippen molar-refractivity contribution in [1.82, 2.24) is 15.5 Å². The van der Waals surface area contributed by atoms with Gasteiger partial charge in [0.2, 0.25) is 0 Å². The molecule has 1 aromatic heterocycles. The second-order valence-electron chi connectivity index (χ2n) is 6.16. The molecule has 9 heteroatoms. The quantitative estimate of drug-likeness (QED) is 0.224. The number of primary amides is 1. The Kier molecular flexibility index (Phi) is 10.6. The zero-order valence-corrected chi connectivity index (χ0v) is 17.8. The predicted octanol–water partition coefficient (Wildman–Crippen LogP) is 1.16. The molecule has 0 atom stereocenters. The fourth-order valence-electron chi connectivity index (χ4n) is 2.90. The van der Waals surface area contributed by atoms with Crippen LogP contribution in [0.25, 0.3) is 0 Å². The van der Waals surface area contributed by atoms with Gasteiger partial charge in [0.1, 0.15) is 5.76 Å². The minimum atomic E-state index is -0.564. The zero-order chi connectivity index (χ0) is 18.1. The first-order valence-corrected chi connectivity index (χ1v) is 8.69. The monoisotopic (exact) mass is 479 g/mol. The van der Waals surface area contributed by atoms with Crippen molar-refractivity contribution < 1.29 is 13.9 Å². The molecule has 26 heavy (non-hydrogen) atoms. The van der Waals surface area contributed by atoms with Crippen LogP contribution in [0.1, 0.15) is 35.6 Å². The first-order chi connectivity index (χ1) is 12.1. The molecule has 8 nitrogen and oxygen atoms in total. The number of hydrogen-bond acceptors (Lipinski definition) is 5. The first-order valence-electron chi connectivity index (χ1n) is 8.69. The smallest absolute Gasteiger partial charge is 0.284 e. The number of carbonyl (C=O) groups is 1. The van der Waals surface area contributed by atoms with E-state index in [9.17, 15) is 4.79 Å². The highest BCUT2D eigenvalue weighted by atomic mass is 127. The van der Waals surface area contributed by atoms with E-state index in [4.69, 9.17) is 14.9 Å². The summed E-state index contributed by atoms with van der Waals surface area (Å²) in [6.07, 6.45) is 3.24. The van der Waals surface area contributed by atoms with Crippen LogP contribution in [0.4, 0.5) is 0 Å². The van der Waals surface area contributed by atoms with E-state index in [1.165, 1.54) is 0 Å². The molecule has 148 valence electrons. The molecule has 1 aromatic rings. The third-order valence-corrected chi connectivity index (χ3v) is 4.31. The highest BCUT2D eigenvalue weighted by Crippen LogP contribution is 2.11. The number of guanidine groups is 1. The molecule has 0 spiro atoms. The number of hydrogen-bond donors (Lipinski definition) is 3. The number of amides is 1. The molecular formula is C17H30IN5O3. The fourth-order valence-corrected chi connectivity index (χ4v) is 2.90. The van der Waals surface area contributed by atoms with E-state index in [0.29, 0.717) is 18.3 Å². The number of furan rings is 1. The summed E-state index contributed by atoms with van der Waals surface area (Å²) in [4.78, 5) is 17.8. The third-order valence-electron chi connectivity index (χ3n) is 4.31. The lowest BCUT2D eigenvalue weighted by atomic mass is 10.1. The summed E-state index contributed by atoms with van der Waals surface area (Å²) in [7, 11) is 3.48. The number of aliphatic imine (C=N–C) groups is 1. The van der Waals surface area contributed by atoms with Crippen LogP contribution in [0, 0.1) is 0 Å². The van der Waals surface area contributed by atoms with Crippen molar-refractivity contribution in [3.63, 3.8) is 0 Å². The number of piperidine rings is 1. The maximum Gasteiger partial charge on any atom is 0.284 e. The number of nitrogens with one attached hydrogen (secondary N) is 2. The molecule has 1 aliphatic heterocycles. The predicted molar refractivity (Wildman–Crippen MR) is 112 cm³/mol. The molecule has 2 heterocycles. The van der Waals surface area contributed by atoms with Crippen LogP contribution < -0.4 is 16.4 Å². The van der Waals surface area contributed by atoms with Gasteiger partial charge >= 0.3 is 0 Å². The summed E-state index contributed by atoms with van der Waals surface area (Å²) in [5.74, 6) is 0.978. The van der Waals surface area contributed by atoms with Crippen molar-refractivity contribution in [2.45, 2.75) is 31.8 Å². The van der Waals surface area contributed by atoms with Gasteiger partial charge in [0, 0.05) is 46.4 Å². The van der Waals surface area contributed by atoms with E-state index in [2.05, 4.69) is 20.5 Å². The molecule has 0 aromatic carbocycles. The lowest BCUT2D eigenvalue weighted by Gasteiger charge is -2.33. The van der Waals surface area contributed by atoms with E-state index in [-0.39, 0.29) is 29.7 Å². The molecule has 0 aliphatic carbocycles. The van der Waals surface area contributed by atoms with Crippen LogP contribution in [0.2, 0.25) is 0 Å². The van der Waals surface area contributed by atoms with E-state index >= 15 is 0 Å². The molecule has 4 N–H and O–H groups in total. The Labute approximate surface area is 171 Å². The average Bonchev–Trinajstić information content (AvgIpc) is 3.09. The Morgan fingerprint density at radius 1 is 1.42 bits per heavy atom. The minimum absolute atomic E-state index is 0. The summed E-state index contributed by atoms with van der Waals surface area (Å²) in [5, 5.41) is 6.65. The van der Waals surface area contributed by atoms with Crippen LogP contribution in [-0.4, -0.2) is 63.2 Å². The highest BCUT2D eigenvalue weighted by molar-refractivity contribution is 14.0. The number of ether oxygens (including phenoxy) is 1. The van der Waals surface area contributed by atoms with Crippen molar-refractivity contribution >= 4 is 35.8 Å². The number of carbonyl (C=O) groups excluding carboxylic acids is 1. The zero-order valence-electron chi connectivity index (χ0n) is 15.5. The molecule has 2 rings (SSSR count). The van der Waals surface area contributed by atoms with Gasteiger partial charge in [-0.05, 0) is 31.4 Å². The Balaban J connectivity index is 0.00000338. The van der Waals surface area contributed by atoms with Gasteiger partial charge in [-0.1, -0.05) is 0 Å². The molecule has 1 fully saturated rings. The molecule has 0 radical (unpaired) electrons. The standard InChI is InChI=1S/C17H29N5O3.HI/c1-19-17(20-12-14-4-5-15(25-14)16(18)23)21-13-6-9-22(10-7-13)8-3-11-24-2;/h4-5,13H,3,6-12H2,1-2H3,(H2,18,23)(H2,19,20,21);1H. The second-order valence-corrected chi connectivity index (χ2v) is 6.16. The number of rotatable bonds is 8. The number of nitrogens with two attached hydrogens (primary N) is 1. The Bertz CT molecular complexity index is 570. The van der Waals surface area contributed by atoms with Gasteiger partial charge in [-0.3, -0.25) is 9.79 Å². The SMILES string of the molecule is CN=C(NCc1ccc(C(N)=O)o1)NC1CCN(CCCOC)CC1.I. The Hall–Kier alpha value is -1.33. The summed E-state index contributed by atoms with van der Waals surface area (Å²) in [6, 6.07) is 3.72. The van der Waals surface area contributed by atoms with E-state index in [1.807, 2.05) is 0 Å². The molecule has 0 unspecified atom stereocenters. The van der Waals surface area contributed by atoms with Crippen molar-refractivity contribution in [2.24, 2.45) is 10.7 Å². The van der Waals surface area contributed by atoms with Gasteiger partial charge in [-0.15, -0.1) is 24.0 Å². The van der Waals surface area contributed by atoms with Crippen LogP contribution in [0.5, 0.6) is 0 Å². The van der Waals surface area contributed by atoms with Crippen LogP contribution >= 0.6 is 24.0 Å². The first kappa shape index (κ1) is 22.7. The van der Waals surface area contributed by atoms with Crippen molar-refractivity contribution in [3.05, 3.63) is 23.7 Å². The number of nitrogens with zero attached hydrogens (tertiary/aromatic N) is 2. The van der Waals surface area contributed by atoms with Crippen molar-refractivity contribution in [3.8, 4) is 0 Å². The largest absolute Gasteiger partial charge is 0.454 e. The lowest BCUT2D eigenvalue weighted by Crippen LogP contribution is -2.48.